The maximum absolute atomic E-state index is 12.4. The van der Waals surface area contributed by atoms with E-state index in [9.17, 15) is 14.9 Å². The van der Waals surface area contributed by atoms with Gasteiger partial charge in [-0.3, -0.25) is 9.78 Å². The summed E-state index contributed by atoms with van der Waals surface area (Å²) in [6.45, 7) is 2.29. The van der Waals surface area contributed by atoms with Gasteiger partial charge in [-0.1, -0.05) is 11.2 Å². The second-order valence-electron chi connectivity index (χ2n) is 7.92. The molecule has 4 rings (SSSR count). The van der Waals surface area contributed by atoms with Crippen molar-refractivity contribution in [2.24, 2.45) is 5.92 Å². The minimum Gasteiger partial charge on any atom is -0.449 e. The molecule has 3 aromatic heterocycles. The average Bonchev–Trinajstić information content (AvgIpc) is 3.42. The molecule has 0 bridgehead atoms. The zero-order valence-electron chi connectivity index (χ0n) is 18.5. The fourth-order valence-electron chi connectivity index (χ4n) is 3.71. The standard InChI is InChI=1S/C24H23N5O4S/c1-15-9-18(29-33-15)13-27-24(31)32-14-17-4-6-19-20(11-25)23(34-21(19)10-17)28-22(30)7-5-16-3-2-8-26-12-16/h2-3,5,7-9,12,17H,4,6,10,13-14H2,1H3,(H,27,31)(H,28,30)/b7-5+. The fraction of sp³-hybridized carbons (Fsp3) is 0.292. The topological polar surface area (TPSA) is 130 Å². The van der Waals surface area contributed by atoms with Crippen molar-refractivity contribution in [3.05, 3.63) is 69.7 Å². The van der Waals surface area contributed by atoms with Gasteiger partial charge >= 0.3 is 6.09 Å². The van der Waals surface area contributed by atoms with Gasteiger partial charge in [0, 0.05) is 29.4 Å². The Labute approximate surface area is 200 Å². The van der Waals surface area contributed by atoms with Gasteiger partial charge in [0.1, 0.15) is 22.5 Å². The van der Waals surface area contributed by atoms with Crippen LogP contribution in [0.2, 0.25) is 0 Å². The molecule has 10 heteroatoms. The third kappa shape index (κ3) is 5.88. The Balaban J connectivity index is 1.31. The van der Waals surface area contributed by atoms with E-state index >= 15 is 0 Å². The van der Waals surface area contributed by atoms with Crippen LogP contribution in [-0.4, -0.2) is 28.7 Å². The van der Waals surface area contributed by atoms with Crippen LogP contribution in [0.3, 0.4) is 0 Å². The van der Waals surface area contributed by atoms with Crippen LogP contribution in [0.5, 0.6) is 0 Å². The Kier molecular flexibility index (Phi) is 7.34. The highest BCUT2D eigenvalue weighted by molar-refractivity contribution is 7.16. The van der Waals surface area contributed by atoms with E-state index in [0.717, 1.165) is 22.4 Å². The van der Waals surface area contributed by atoms with Gasteiger partial charge in [0.15, 0.2) is 0 Å². The lowest BCUT2D eigenvalue weighted by atomic mass is 9.88. The van der Waals surface area contributed by atoms with Gasteiger partial charge < -0.3 is 19.9 Å². The molecule has 9 nitrogen and oxygen atoms in total. The lowest BCUT2D eigenvalue weighted by Gasteiger charge is -2.21. The first-order valence-electron chi connectivity index (χ1n) is 10.8. The molecule has 1 aliphatic carbocycles. The number of alkyl carbamates (subject to hydrolysis) is 1. The molecular formula is C24H23N5O4S. The van der Waals surface area contributed by atoms with Gasteiger partial charge in [-0.05, 0) is 55.4 Å². The summed E-state index contributed by atoms with van der Waals surface area (Å²) in [5.74, 6) is 0.514. The minimum atomic E-state index is -0.510. The number of ether oxygens (including phenoxy) is 1. The van der Waals surface area contributed by atoms with Crippen molar-refractivity contribution < 1.29 is 18.8 Å². The van der Waals surface area contributed by atoms with Crippen LogP contribution in [0.15, 0.2) is 41.2 Å². The summed E-state index contributed by atoms with van der Waals surface area (Å²) in [6.07, 6.45) is 8.08. The van der Waals surface area contributed by atoms with Gasteiger partial charge in [0.05, 0.1) is 18.7 Å². The molecule has 1 aliphatic rings. The van der Waals surface area contributed by atoms with E-state index in [1.54, 1.807) is 37.5 Å². The summed E-state index contributed by atoms with van der Waals surface area (Å²) in [6, 6.07) is 7.62. The van der Waals surface area contributed by atoms with Gasteiger partial charge in [-0.15, -0.1) is 11.3 Å². The molecule has 34 heavy (non-hydrogen) atoms. The predicted octanol–water partition coefficient (Wildman–Crippen LogP) is 3.99. The Bertz CT molecular complexity index is 1240. The number of nitrogens with zero attached hydrogens (tertiary/aromatic N) is 3. The third-order valence-corrected chi connectivity index (χ3v) is 6.54. The van der Waals surface area contributed by atoms with E-state index in [-0.39, 0.29) is 25.0 Å². The molecule has 0 saturated carbocycles. The quantitative estimate of drug-likeness (QED) is 0.492. The zero-order chi connectivity index (χ0) is 23.9. The highest BCUT2D eigenvalue weighted by atomic mass is 32.1. The van der Waals surface area contributed by atoms with E-state index in [0.29, 0.717) is 34.9 Å². The second-order valence-corrected chi connectivity index (χ2v) is 9.02. The first-order chi connectivity index (χ1) is 16.5. The smallest absolute Gasteiger partial charge is 0.407 e. The number of pyridine rings is 1. The predicted molar refractivity (Wildman–Crippen MR) is 126 cm³/mol. The van der Waals surface area contributed by atoms with Crippen LogP contribution < -0.4 is 10.6 Å². The first-order valence-corrected chi connectivity index (χ1v) is 11.6. The van der Waals surface area contributed by atoms with Crippen molar-refractivity contribution in [2.45, 2.75) is 32.7 Å². The van der Waals surface area contributed by atoms with E-state index in [4.69, 9.17) is 9.26 Å². The molecule has 0 aromatic carbocycles. The molecule has 0 radical (unpaired) electrons. The molecular weight excluding hydrogens is 454 g/mol. The normalized spacial score (nSPS) is 14.9. The third-order valence-electron chi connectivity index (χ3n) is 5.37. The van der Waals surface area contributed by atoms with Crippen molar-refractivity contribution in [1.82, 2.24) is 15.5 Å². The largest absolute Gasteiger partial charge is 0.449 e. The number of aromatic nitrogens is 2. The number of hydrogen-bond acceptors (Lipinski definition) is 8. The number of aryl methyl sites for hydroxylation is 1. The molecule has 1 atom stereocenters. The molecule has 0 fully saturated rings. The van der Waals surface area contributed by atoms with E-state index in [2.05, 4.69) is 26.8 Å². The molecule has 3 aromatic rings. The molecule has 0 saturated heterocycles. The Hall–Kier alpha value is -3.97. The summed E-state index contributed by atoms with van der Waals surface area (Å²) in [7, 11) is 0. The van der Waals surface area contributed by atoms with Crippen molar-refractivity contribution >= 4 is 34.4 Å². The van der Waals surface area contributed by atoms with E-state index in [1.807, 2.05) is 6.07 Å². The van der Waals surface area contributed by atoms with Gasteiger partial charge in [0.2, 0.25) is 5.91 Å². The van der Waals surface area contributed by atoms with Gasteiger partial charge in [-0.25, -0.2) is 4.79 Å². The Morgan fingerprint density at radius 2 is 2.32 bits per heavy atom. The zero-order valence-corrected chi connectivity index (χ0v) is 19.4. The number of hydrogen-bond donors (Lipinski definition) is 2. The van der Waals surface area contributed by atoms with Crippen molar-refractivity contribution in [3.8, 4) is 6.07 Å². The number of fused-ring (bicyclic) bond motifs is 1. The number of carbonyl (C=O) groups excluding carboxylic acids is 2. The number of nitriles is 1. The maximum Gasteiger partial charge on any atom is 0.407 e. The van der Waals surface area contributed by atoms with Gasteiger partial charge in [-0.2, -0.15) is 5.26 Å². The Morgan fingerprint density at radius 1 is 1.44 bits per heavy atom. The molecule has 174 valence electrons. The monoisotopic (exact) mass is 477 g/mol. The molecule has 1 unspecified atom stereocenters. The van der Waals surface area contributed by atoms with Crippen LogP contribution in [0, 0.1) is 24.2 Å². The lowest BCUT2D eigenvalue weighted by Crippen LogP contribution is -2.27. The Morgan fingerprint density at radius 3 is 3.06 bits per heavy atom. The molecule has 0 spiro atoms. The number of anilines is 1. The first kappa shape index (κ1) is 23.2. The summed E-state index contributed by atoms with van der Waals surface area (Å²) in [5, 5.41) is 19.5. The van der Waals surface area contributed by atoms with Crippen LogP contribution in [0.25, 0.3) is 6.08 Å². The van der Waals surface area contributed by atoms with Crippen LogP contribution >= 0.6 is 11.3 Å². The number of nitrogens with one attached hydrogen (secondary N) is 2. The molecule has 2 N–H and O–H groups in total. The lowest BCUT2D eigenvalue weighted by molar-refractivity contribution is -0.111. The fourth-order valence-corrected chi connectivity index (χ4v) is 5.03. The SMILES string of the molecule is Cc1cc(CNC(=O)OCC2CCc3c(sc(NC(=O)/C=C/c4cccnc4)c3C#N)C2)no1. The highest BCUT2D eigenvalue weighted by Crippen LogP contribution is 2.39. The summed E-state index contributed by atoms with van der Waals surface area (Å²) >= 11 is 1.41. The summed E-state index contributed by atoms with van der Waals surface area (Å²) in [4.78, 5) is 29.4. The molecule has 2 amide bonds. The summed E-state index contributed by atoms with van der Waals surface area (Å²) < 4.78 is 10.3. The maximum atomic E-state index is 12.4. The molecule has 3 heterocycles. The number of thiophene rings is 1. The van der Waals surface area contributed by atoms with Crippen molar-refractivity contribution in [1.29, 1.82) is 5.26 Å². The second kappa shape index (κ2) is 10.8. The summed E-state index contributed by atoms with van der Waals surface area (Å²) in [5.41, 5.74) is 2.93. The minimum absolute atomic E-state index is 0.145. The van der Waals surface area contributed by atoms with Crippen LogP contribution in [-0.2, 0) is 28.9 Å². The highest BCUT2D eigenvalue weighted by Gasteiger charge is 2.27. The molecule has 0 aliphatic heterocycles. The number of carbonyl (C=O) groups is 2. The van der Waals surface area contributed by atoms with Crippen molar-refractivity contribution in [3.63, 3.8) is 0 Å². The van der Waals surface area contributed by atoms with Gasteiger partial charge in [0.25, 0.3) is 0 Å². The number of amides is 2. The van der Waals surface area contributed by atoms with Crippen LogP contribution in [0.4, 0.5) is 9.80 Å². The van der Waals surface area contributed by atoms with Crippen molar-refractivity contribution in [2.75, 3.05) is 11.9 Å². The van der Waals surface area contributed by atoms with E-state index in [1.165, 1.54) is 17.4 Å². The number of rotatable bonds is 7. The van der Waals surface area contributed by atoms with E-state index < -0.39 is 6.09 Å². The average molecular weight is 478 g/mol. The van der Waals surface area contributed by atoms with Crippen LogP contribution in [0.1, 0.15) is 39.4 Å².